The van der Waals surface area contributed by atoms with Crippen LogP contribution in [0, 0.1) is 0 Å². The molecular formula is C56H92O6. The van der Waals surface area contributed by atoms with Crippen LogP contribution in [-0.2, 0) is 28.6 Å². The second kappa shape index (κ2) is 50.0. The van der Waals surface area contributed by atoms with E-state index in [0.29, 0.717) is 19.3 Å². The van der Waals surface area contributed by atoms with Gasteiger partial charge in [0.2, 0.25) is 0 Å². The van der Waals surface area contributed by atoms with Crippen LogP contribution < -0.4 is 0 Å². The minimum Gasteiger partial charge on any atom is -0.462 e. The van der Waals surface area contributed by atoms with Gasteiger partial charge in [0.25, 0.3) is 0 Å². The maximum absolute atomic E-state index is 12.7. The first-order valence-corrected chi connectivity index (χ1v) is 25.2. The highest BCUT2D eigenvalue weighted by atomic mass is 16.6. The molecule has 0 saturated heterocycles. The molecule has 0 aromatic heterocycles. The van der Waals surface area contributed by atoms with Crippen LogP contribution in [0.2, 0.25) is 0 Å². The summed E-state index contributed by atoms with van der Waals surface area (Å²) in [7, 11) is 0. The fourth-order valence-corrected chi connectivity index (χ4v) is 6.62. The molecule has 0 saturated carbocycles. The van der Waals surface area contributed by atoms with Gasteiger partial charge >= 0.3 is 17.9 Å². The summed E-state index contributed by atoms with van der Waals surface area (Å²) in [5.74, 6) is -1.00. The molecule has 62 heavy (non-hydrogen) atoms. The van der Waals surface area contributed by atoms with Gasteiger partial charge in [0.1, 0.15) is 13.2 Å². The predicted molar refractivity (Wildman–Crippen MR) is 265 cm³/mol. The largest absolute Gasteiger partial charge is 0.462 e. The smallest absolute Gasteiger partial charge is 0.306 e. The van der Waals surface area contributed by atoms with Crippen molar-refractivity contribution in [3.8, 4) is 0 Å². The zero-order valence-electron chi connectivity index (χ0n) is 40.1. The molecule has 0 aliphatic rings. The van der Waals surface area contributed by atoms with Crippen molar-refractivity contribution in [3.05, 3.63) is 97.2 Å². The van der Waals surface area contributed by atoms with Gasteiger partial charge in [0.15, 0.2) is 6.10 Å². The van der Waals surface area contributed by atoms with Gasteiger partial charge in [-0.2, -0.15) is 0 Å². The molecule has 1 unspecified atom stereocenters. The van der Waals surface area contributed by atoms with Crippen LogP contribution in [0.15, 0.2) is 97.2 Å². The number of carbonyl (C=O) groups excluding carboxylic acids is 3. The Balaban J connectivity index is 4.30. The Morgan fingerprint density at radius 1 is 0.339 bits per heavy atom. The van der Waals surface area contributed by atoms with E-state index in [1.807, 2.05) is 12.2 Å². The van der Waals surface area contributed by atoms with Crippen LogP contribution in [0.3, 0.4) is 0 Å². The second-order valence-electron chi connectivity index (χ2n) is 16.3. The summed E-state index contributed by atoms with van der Waals surface area (Å²) in [5.41, 5.74) is 0. The minimum absolute atomic E-state index is 0.107. The van der Waals surface area contributed by atoms with Gasteiger partial charge in [0.05, 0.1) is 0 Å². The van der Waals surface area contributed by atoms with E-state index in [9.17, 15) is 14.4 Å². The monoisotopic (exact) mass is 861 g/mol. The number of esters is 3. The van der Waals surface area contributed by atoms with Crippen LogP contribution in [0.5, 0.6) is 0 Å². The van der Waals surface area contributed by atoms with Crippen molar-refractivity contribution in [2.45, 2.75) is 226 Å². The molecule has 0 aromatic rings. The summed E-state index contributed by atoms with van der Waals surface area (Å²) in [5, 5.41) is 0. The van der Waals surface area contributed by atoms with Crippen LogP contribution in [0.25, 0.3) is 0 Å². The Morgan fingerprint density at radius 3 is 1.05 bits per heavy atom. The molecule has 352 valence electrons. The zero-order valence-corrected chi connectivity index (χ0v) is 40.1. The molecule has 0 fully saturated rings. The molecule has 0 amide bonds. The molecule has 6 heteroatoms. The van der Waals surface area contributed by atoms with E-state index in [-0.39, 0.29) is 31.6 Å². The standard InChI is InChI=1S/C56H92O6/c1-4-7-10-13-16-19-21-23-24-25-26-27-28-29-30-31-32-34-35-37-40-43-46-49-55(58)61-52-53(51-60-54(57)48-45-42-39-18-15-12-9-6-3)62-56(59)50-47-44-41-38-36-33-22-20-17-14-11-8-5-2/h7-8,10-11,16-17,19-20,23-24,26-27,33,36,41,44,53H,4-6,9,12-15,18,21-22,25,28-32,34-35,37-40,42-43,45-52H2,1-3H3/b10-7-,11-8-,19-16-,20-17-,24-23-,27-26-,36-33-,44-41-. The zero-order chi connectivity index (χ0) is 45.1. The van der Waals surface area contributed by atoms with Crippen LogP contribution in [0.1, 0.15) is 220 Å². The molecule has 0 spiro atoms. The van der Waals surface area contributed by atoms with E-state index in [2.05, 4.69) is 106 Å². The number of allylic oxidation sites excluding steroid dienone is 16. The normalized spacial score (nSPS) is 12.9. The van der Waals surface area contributed by atoms with Crippen molar-refractivity contribution in [2.24, 2.45) is 0 Å². The summed E-state index contributed by atoms with van der Waals surface area (Å²) in [6.07, 6.45) is 65.6. The van der Waals surface area contributed by atoms with Gasteiger partial charge in [-0.15, -0.1) is 0 Å². The number of hydrogen-bond donors (Lipinski definition) is 0. The third-order valence-corrected chi connectivity index (χ3v) is 10.3. The number of unbranched alkanes of at least 4 members (excludes halogenated alkanes) is 17. The maximum atomic E-state index is 12.7. The van der Waals surface area contributed by atoms with Crippen molar-refractivity contribution in [3.63, 3.8) is 0 Å². The van der Waals surface area contributed by atoms with Crippen molar-refractivity contribution >= 4 is 17.9 Å². The van der Waals surface area contributed by atoms with Crippen molar-refractivity contribution < 1.29 is 28.6 Å². The Morgan fingerprint density at radius 2 is 0.661 bits per heavy atom. The second-order valence-corrected chi connectivity index (χ2v) is 16.3. The lowest BCUT2D eigenvalue weighted by Gasteiger charge is -2.18. The fourth-order valence-electron chi connectivity index (χ4n) is 6.62. The molecular weight excluding hydrogens is 769 g/mol. The number of ether oxygens (including phenoxy) is 3. The highest BCUT2D eigenvalue weighted by Gasteiger charge is 2.19. The quantitative estimate of drug-likeness (QED) is 0.0263. The van der Waals surface area contributed by atoms with E-state index in [1.165, 1.54) is 83.5 Å². The van der Waals surface area contributed by atoms with Crippen LogP contribution in [-0.4, -0.2) is 37.2 Å². The highest BCUT2D eigenvalue weighted by molar-refractivity contribution is 5.71. The summed E-state index contributed by atoms with van der Waals surface area (Å²) in [6, 6.07) is 0. The van der Waals surface area contributed by atoms with Crippen molar-refractivity contribution in [1.82, 2.24) is 0 Å². The molecule has 1 atom stereocenters. The molecule has 0 bridgehead atoms. The average Bonchev–Trinajstić information content (AvgIpc) is 3.27. The van der Waals surface area contributed by atoms with Crippen molar-refractivity contribution in [2.75, 3.05) is 13.2 Å². The molecule has 0 N–H and O–H groups in total. The van der Waals surface area contributed by atoms with Gasteiger partial charge in [-0.05, 0) is 83.5 Å². The lowest BCUT2D eigenvalue weighted by molar-refractivity contribution is -0.166. The Kier molecular flexibility index (Phi) is 47.0. The lowest BCUT2D eigenvalue weighted by Crippen LogP contribution is -2.30. The number of carbonyl (C=O) groups is 3. The van der Waals surface area contributed by atoms with Crippen molar-refractivity contribution in [1.29, 1.82) is 0 Å². The molecule has 0 rings (SSSR count). The third kappa shape index (κ3) is 47.4. The summed E-state index contributed by atoms with van der Waals surface area (Å²) >= 11 is 0. The van der Waals surface area contributed by atoms with E-state index in [1.54, 1.807) is 0 Å². The highest BCUT2D eigenvalue weighted by Crippen LogP contribution is 2.14. The van der Waals surface area contributed by atoms with E-state index >= 15 is 0 Å². The summed E-state index contributed by atoms with van der Waals surface area (Å²) in [4.78, 5) is 37.8. The first kappa shape index (κ1) is 58.3. The van der Waals surface area contributed by atoms with E-state index in [4.69, 9.17) is 14.2 Å². The molecule has 6 nitrogen and oxygen atoms in total. The van der Waals surface area contributed by atoms with Gasteiger partial charge in [0, 0.05) is 19.3 Å². The van der Waals surface area contributed by atoms with Crippen LogP contribution in [0.4, 0.5) is 0 Å². The topological polar surface area (TPSA) is 78.9 Å². The molecule has 0 radical (unpaired) electrons. The van der Waals surface area contributed by atoms with E-state index in [0.717, 1.165) is 89.9 Å². The molecule has 0 aromatic carbocycles. The average molecular weight is 861 g/mol. The van der Waals surface area contributed by atoms with Gasteiger partial charge in [-0.1, -0.05) is 214 Å². The third-order valence-electron chi connectivity index (χ3n) is 10.3. The molecule has 0 aliphatic heterocycles. The fraction of sp³-hybridized carbons (Fsp3) is 0.661. The maximum Gasteiger partial charge on any atom is 0.306 e. The first-order chi connectivity index (χ1) is 30.5. The molecule has 0 aliphatic carbocycles. The molecule has 0 heterocycles. The van der Waals surface area contributed by atoms with E-state index < -0.39 is 12.1 Å². The Labute approximate surface area is 381 Å². The summed E-state index contributed by atoms with van der Waals surface area (Å²) < 4.78 is 16.6. The minimum atomic E-state index is -0.814. The van der Waals surface area contributed by atoms with Crippen LogP contribution >= 0.6 is 0 Å². The number of rotatable bonds is 44. The first-order valence-electron chi connectivity index (χ1n) is 25.2. The predicted octanol–water partition coefficient (Wildman–Crippen LogP) is 16.6. The van der Waals surface area contributed by atoms with Gasteiger partial charge < -0.3 is 14.2 Å². The van der Waals surface area contributed by atoms with Gasteiger partial charge in [-0.3, -0.25) is 14.4 Å². The lowest BCUT2D eigenvalue weighted by atomic mass is 10.1. The SMILES string of the molecule is CC/C=C\C/C=C\C/C=C\C/C=C\CCCCCCCCCCCCC(=O)OCC(COC(=O)CCCCCCCCCC)OC(=O)CC/C=C\C/C=C\C/C=C\C/C=C\CC. The Hall–Kier alpha value is -3.67. The number of hydrogen-bond acceptors (Lipinski definition) is 6. The van der Waals surface area contributed by atoms with Gasteiger partial charge in [-0.25, -0.2) is 0 Å². The summed E-state index contributed by atoms with van der Waals surface area (Å²) in [6.45, 7) is 6.30. The Bertz CT molecular complexity index is 1260.